The fraction of sp³-hybridized carbons (Fsp3) is 0.143. The second kappa shape index (κ2) is 4.96. The highest BCUT2D eigenvalue weighted by molar-refractivity contribution is 9.10. The van der Waals surface area contributed by atoms with Gasteiger partial charge in [-0.3, -0.25) is 9.55 Å². The molecule has 102 valence electrons. The Bertz CT molecular complexity index is 782. The Kier molecular flexibility index (Phi) is 3.27. The average molecular weight is 335 g/mol. The molecule has 0 spiro atoms. The van der Waals surface area contributed by atoms with Gasteiger partial charge in [0.05, 0.1) is 29.0 Å². The highest BCUT2D eigenvalue weighted by Gasteiger charge is 2.16. The van der Waals surface area contributed by atoms with Crippen molar-refractivity contribution in [1.29, 1.82) is 0 Å². The van der Waals surface area contributed by atoms with Crippen LogP contribution in [0.25, 0.3) is 16.7 Å². The predicted octanol–water partition coefficient (Wildman–Crippen LogP) is 3.34. The number of halogens is 2. The first kappa shape index (κ1) is 13.2. The first-order chi connectivity index (χ1) is 9.56. The van der Waals surface area contributed by atoms with Crippen LogP contribution in [0.4, 0.5) is 4.39 Å². The smallest absolute Gasteiger partial charge is 0.131 e. The summed E-state index contributed by atoms with van der Waals surface area (Å²) < 4.78 is 16.2. The van der Waals surface area contributed by atoms with Crippen molar-refractivity contribution in [3.63, 3.8) is 0 Å². The number of hydrogen-bond donors (Lipinski definition) is 1. The van der Waals surface area contributed by atoms with Crippen LogP contribution in [0.5, 0.6) is 0 Å². The van der Waals surface area contributed by atoms with Crippen LogP contribution in [-0.2, 0) is 0 Å². The van der Waals surface area contributed by atoms with E-state index in [-0.39, 0.29) is 11.9 Å². The van der Waals surface area contributed by atoms with Crippen LogP contribution >= 0.6 is 15.9 Å². The van der Waals surface area contributed by atoms with Crippen LogP contribution in [-0.4, -0.2) is 14.5 Å². The SMILES string of the molecule is CC(N)c1nc2ccc(F)cc2n1-c1cncc(Br)c1. The van der Waals surface area contributed by atoms with E-state index in [1.165, 1.54) is 12.1 Å². The first-order valence-electron chi connectivity index (χ1n) is 6.10. The highest BCUT2D eigenvalue weighted by atomic mass is 79.9. The summed E-state index contributed by atoms with van der Waals surface area (Å²) in [5.74, 6) is 0.364. The van der Waals surface area contributed by atoms with E-state index >= 15 is 0 Å². The third-order valence-electron chi connectivity index (χ3n) is 3.00. The fourth-order valence-corrected chi connectivity index (χ4v) is 2.52. The maximum atomic E-state index is 13.5. The van der Waals surface area contributed by atoms with Gasteiger partial charge >= 0.3 is 0 Å². The molecule has 0 aliphatic heterocycles. The van der Waals surface area contributed by atoms with Crippen LogP contribution in [0.2, 0.25) is 0 Å². The molecule has 4 nitrogen and oxygen atoms in total. The zero-order chi connectivity index (χ0) is 14.3. The topological polar surface area (TPSA) is 56.7 Å². The summed E-state index contributed by atoms with van der Waals surface area (Å²) in [5.41, 5.74) is 8.16. The summed E-state index contributed by atoms with van der Waals surface area (Å²) in [4.78, 5) is 8.63. The largest absolute Gasteiger partial charge is 0.322 e. The van der Waals surface area contributed by atoms with E-state index < -0.39 is 0 Å². The Morgan fingerprint density at radius 1 is 1.30 bits per heavy atom. The van der Waals surface area contributed by atoms with Crippen molar-refractivity contribution in [3.05, 3.63) is 52.8 Å². The van der Waals surface area contributed by atoms with E-state index in [9.17, 15) is 4.39 Å². The van der Waals surface area contributed by atoms with Crippen molar-refractivity contribution in [1.82, 2.24) is 14.5 Å². The molecule has 0 radical (unpaired) electrons. The quantitative estimate of drug-likeness (QED) is 0.781. The standard InChI is InChI=1S/C14H12BrFN4/c1-8(17)14-19-12-3-2-10(16)5-13(12)20(14)11-4-9(15)6-18-7-11/h2-8H,17H2,1H3. The number of pyridine rings is 1. The van der Waals surface area contributed by atoms with Gasteiger partial charge in [-0.2, -0.15) is 0 Å². The van der Waals surface area contributed by atoms with Crippen molar-refractivity contribution in [3.8, 4) is 5.69 Å². The van der Waals surface area contributed by atoms with Crippen LogP contribution in [0.15, 0.2) is 41.1 Å². The molecule has 2 heterocycles. The number of nitrogens with zero attached hydrogens (tertiary/aromatic N) is 3. The van der Waals surface area contributed by atoms with Crippen molar-refractivity contribution in [2.24, 2.45) is 5.73 Å². The van der Waals surface area contributed by atoms with Gasteiger partial charge < -0.3 is 5.73 Å². The molecule has 0 amide bonds. The number of hydrogen-bond acceptors (Lipinski definition) is 3. The van der Waals surface area contributed by atoms with Gasteiger partial charge in [-0.05, 0) is 41.1 Å². The minimum atomic E-state index is -0.308. The van der Waals surface area contributed by atoms with Gasteiger partial charge in [-0.1, -0.05) is 0 Å². The zero-order valence-corrected chi connectivity index (χ0v) is 12.3. The fourth-order valence-electron chi connectivity index (χ4n) is 2.17. The third kappa shape index (κ3) is 2.21. The van der Waals surface area contributed by atoms with E-state index in [0.29, 0.717) is 16.9 Å². The summed E-state index contributed by atoms with van der Waals surface area (Å²) in [6, 6.07) is 6.12. The molecule has 1 atom stereocenters. The molecule has 0 fully saturated rings. The van der Waals surface area contributed by atoms with E-state index in [0.717, 1.165) is 10.2 Å². The summed E-state index contributed by atoms with van der Waals surface area (Å²) in [7, 11) is 0. The molecule has 0 aliphatic carbocycles. The number of imidazole rings is 1. The normalized spacial score (nSPS) is 12.8. The number of rotatable bonds is 2. The zero-order valence-electron chi connectivity index (χ0n) is 10.7. The van der Waals surface area contributed by atoms with Crippen molar-refractivity contribution in [2.45, 2.75) is 13.0 Å². The van der Waals surface area contributed by atoms with Crippen LogP contribution < -0.4 is 5.73 Å². The highest BCUT2D eigenvalue weighted by Crippen LogP contribution is 2.26. The van der Waals surface area contributed by atoms with E-state index in [4.69, 9.17) is 5.73 Å². The lowest BCUT2D eigenvalue weighted by Crippen LogP contribution is -2.12. The lowest BCUT2D eigenvalue weighted by atomic mass is 10.3. The third-order valence-corrected chi connectivity index (χ3v) is 3.43. The molecule has 1 aromatic carbocycles. The second-order valence-corrected chi connectivity index (χ2v) is 5.50. The van der Waals surface area contributed by atoms with Gasteiger partial charge in [0, 0.05) is 16.7 Å². The number of fused-ring (bicyclic) bond motifs is 1. The molecule has 3 aromatic rings. The molecule has 2 N–H and O–H groups in total. The Morgan fingerprint density at radius 2 is 2.10 bits per heavy atom. The first-order valence-corrected chi connectivity index (χ1v) is 6.90. The van der Waals surface area contributed by atoms with E-state index in [2.05, 4.69) is 25.9 Å². The van der Waals surface area contributed by atoms with E-state index in [1.54, 1.807) is 18.5 Å². The summed E-state index contributed by atoms with van der Waals surface area (Å²) in [5, 5.41) is 0. The molecular weight excluding hydrogens is 323 g/mol. The molecule has 6 heteroatoms. The summed E-state index contributed by atoms with van der Waals surface area (Å²) >= 11 is 3.39. The Hall–Kier alpha value is -1.79. The minimum absolute atomic E-state index is 0.274. The van der Waals surface area contributed by atoms with Crippen molar-refractivity contribution in [2.75, 3.05) is 0 Å². The summed E-state index contributed by atoms with van der Waals surface area (Å²) in [6.45, 7) is 1.85. The van der Waals surface area contributed by atoms with Gasteiger partial charge in [0.1, 0.15) is 11.6 Å². The van der Waals surface area contributed by atoms with Crippen LogP contribution in [0.3, 0.4) is 0 Å². The molecule has 0 saturated heterocycles. The van der Waals surface area contributed by atoms with Gasteiger partial charge in [-0.15, -0.1) is 0 Å². The van der Waals surface area contributed by atoms with Gasteiger partial charge in [0.2, 0.25) is 0 Å². The lowest BCUT2D eigenvalue weighted by molar-refractivity contribution is 0.629. The van der Waals surface area contributed by atoms with Crippen LogP contribution in [0.1, 0.15) is 18.8 Å². The van der Waals surface area contributed by atoms with Gasteiger partial charge in [-0.25, -0.2) is 9.37 Å². The molecule has 0 aliphatic rings. The molecule has 2 aromatic heterocycles. The molecule has 0 saturated carbocycles. The predicted molar refractivity (Wildman–Crippen MR) is 79.1 cm³/mol. The van der Waals surface area contributed by atoms with Crippen LogP contribution in [0, 0.1) is 5.82 Å². The lowest BCUT2D eigenvalue weighted by Gasteiger charge is -2.11. The molecular formula is C14H12BrFN4. The Morgan fingerprint density at radius 3 is 2.80 bits per heavy atom. The minimum Gasteiger partial charge on any atom is -0.322 e. The maximum absolute atomic E-state index is 13.5. The van der Waals surface area contributed by atoms with Crippen molar-refractivity contribution >= 4 is 27.0 Å². The number of nitrogens with two attached hydrogens (primary N) is 1. The van der Waals surface area contributed by atoms with Gasteiger partial charge in [0.25, 0.3) is 0 Å². The average Bonchev–Trinajstić information content (AvgIpc) is 2.77. The Labute approximate surface area is 123 Å². The number of benzene rings is 1. The molecule has 0 bridgehead atoms. The summed E-state index contributed by atoms with van der Waals surface area (Å²) in [6.07, 6.45) is 3.39. The van der Waals surface area contributed by atoms with Crippen molar-refractivity contribution < 1.29 is 4.39 Å². The van der Waals surface area contributed by atoms with E-state index in [1.807, 2.05) is 17.6 Å². The second-order valence-electron chi connectivity index (χ2n) is 4.59. The molecule has 1 unspecified atom stereocenters. The molecule has 3 rings (SSSR count). The monoisotopic (exact) mass is 334 g/mol. The molecule has 20 heavy (non-hydrogen) atoms. The maximum Gasteiger partial charge on any atom is 0.131 e. The number of aromatic nitrogens is 3. The Balaban J connectivity index is 2.36. The van der Waals surface area contributed by atoms with Gasteiger partial charge in [0.15, 0.2) is 0 Å².